The van der Waals surface area contributed by atoms with Crippen molar-refractivity contribution in [1.82, 2.24) is 15.1 Å². The van der Waals surface area contributed by atoms with Gasteiger partial charge < -0.3 is 19.9 Å². The van der Waals surface area contributed by atoms with Crippen LogP contribution in [0.2, 0.25) is 0 Å². The molecule has 25 heavy (non-hydrogen) atoms. The van der Waals surface area contributed by atoms with E-state index < -0.39 is 0 Å². The maximum Gasteiger partial charge on any atom is 0.223 e. The number of hydrogen-bond acceptors (Lipinski definition) is 3. The summed E-state index contributed by atoms with van der Waals surface area (Å²) in [7, 11) is 5.33. The lowest BCUT2D eigenvalue weighted by molar-refractivity contribution is -0.128. The zero-order valence-corrected chi connectivity index (χ0v) is 17.6. The van der Waals surface area contributed by atoms with Gasteiger partial charge in [0.2, 0.25) is 5.91 Å². The van der Waals surface area contributed by atoms with Crippen LogP contribution in [0.3, 0.4) is 0 Å². The molecule has 0 atom stereocenters. The summed E-state index contributed by atoms with van der Waals surface area (Å²) < 4.78 is 6.02. The third-order valence-electron chi connectivity index (χ3n) is 4.12. The van der Waals surface area contributed by atoms with Crippen molar-refractivity contribution in [3.8, 4) is 5.75 Å². The summed E-state index contributed by atoms with van der Waals surface area (Å²) in [6, 6.07) is 9.96. The largest absolute Gasteiger partial charge is 0.490 e. The zero-order valence-electron chi connectivity index (χ0n) is 15.3. The fraction of sp³-hybridized carbons (Fsp3) is 0.556. The number of piperidine rings is 1. The van der Waals surface area contributed by atoms with Gasteiger partial charge in [-0.1, -0.05) is 18.2 Å². The highest BCUT2D eigenvalue weighted by atomic mass is 127. The highest BCUT2D eigenvalue weighted by molar-refractivity contribution is 14.0. The Morgan fingerprint density at radius 3 is 2.48 bits per heavy atom. The number of carbonyl (C=O) groups excluding carboxylic acids is 1. The van der Waals surface area contributed by atoms with Gasteiger partial charge in [0.15, 0.2) is 5.96 Å². The molecule has 1 aliphatic rings. The van der Waals surface area contributed by atoms with Gasteiger partial charge in [0.1, 0.15) is 11.9 Å². The number of nitrogens with one attached hydrogen (secondary N) is 1. The molecule has 1 heterocycles. The molecule has 6 nitrogen and oxygen atoms in total. The van der Waals surface area contributed by atoms with Crippen molar-refractivity contribution < 1.29 is 9.53 Å². The molecule has 7 heteroatoms. The van der Waals surface area contributed by atoms with E-state index in [0.717, 1.165) is 37.6 Å². The molecule has 140 valence electrons. The summed E-state index contributed by atoms with van der Waals surface area (Å²) in [5, 5.41) is 3.28. The second-order valence-electron chi connectivity index (χ2n) is 6.13. The molecule has 0 spiro atoms. The van der Waals surface area contributed by atoms with Crippen molar-refractivity contribution in [2.24, 2.45) is 4.99 Å². The maximum absolute atomic E-state index is 11.6. The molecular formula is C18H29IN4O2. The van der Waals surface area contributed by atoms with Crippen LogP contribution < -0.4 is 10.1 Å². The van der Waals surface area contributed by atoms with Gasteiger partial charge in [-0.05, 0) is 12.1 Å². The van der Waals surface area contributed by atoms with E-state index in [0.29, 0.717) is 13.0 Å². The average Bonchev–Trinajstić information content (AvgIpc) is 2.60. The molecule has 0 aliphatic carbocycles. The van der Waals surface area contributed by atoms with Crippen molar-refractivity contribution >= 4 is 35.8 Å². The molecule has 1 aromatic carbocycles. The second-order valence-corrected chi connectivity index (χ2v) is 6.13. The molecule has 1 N–H and O–H groups in total. The highest BCUT2D eigenvalue weighted by Crippen LogP contribution is 2.18. The number of carbonyl (C=O) groups is 1. The Hall–Kier alpha value is -1.51. The van der Waals surface area contributed by atoms with E-state index in [1.807, 2.05) is 30.3 Å². The minimum absolute atomic E-state index is 0. The van der Waals surface area contributed by atoms with Gasteiger partial charge in [-0.2, -0.15) is 0 Å². The summed E-state index contributed by atoms with van der Waals surface area (Å²) in [6.07, 6.45) is 2.65. The number of guanidine groups is 1. The zero-order chi connectivity index (χ0) is 17.4. The van der Waals surface area contributed by atoms with Crippen molar-refractivity contribution in [1.29, 1.82) is 0 Å². The third kappa shape index (κ3) is 7.09. The number of para-hydroxylation sites is 1. The predicted octanol–water partition coefficient (Wildman–Crippen LogP) is 2.20. The van der Waals surface area contributed by atoms with Gasteiger partial charge in [-0.15, -0.1) is 24.0 Å². The first-order valence-electron chi connectivity index (χ1n) is 8.47. The van der Waals surface area contributed by atoms with Gasteiger partial charge in [0.05, 0.1) is 0 Å². The van der Waals surface area contributed by atoms with Gasteiger partial charge in [-0.25, -0.2) is 0 Å². The van der Waals surface area contributed by atoms with Gasteiger partial charge in [0.25, 0.3) is 0 Å². The standard InChI is InChI=1S/C18H28N4O2.HI/c1-19-18(20-12-9-17(23)21(2)3)22-13-10-16(11-14-22)24-15-7-5-4-6-8-15;/h4-8,16H,9-14H2,1-3H3,(H,19,20);1H. The number of likely N-dealkylation sites (tertiary alicyclic amines) is 1. The molecule has 0 radical (unpaired) electrons. The molecule has 2 rings (SSSR count). The Morgan fingerprint density at radius 1 is 1.28 bits per heavy atom. The number of hydrogen-bond donors (Lipinski definition) is 1. The number of ether oxygens (including phenoxy) is 1. The molecule has 1 saturated heterocycles. The number of rotatable bonds is 5. The Kier molecular flexibility index (Phi) is 9.62. The first kappa shape index (κ1) is 21.5. The molecule has 1 aliphatic heterocycles. The van der Waals surface area contributed by atoms with Crippen LogP contribution in [0.4, 0.5) is 0 Å². The molecule has 0 bridgehead atoms. The summed E-state index contributed by atoms with van der Waals surface area (Å²) in [6.45, 7) is 2.40. The van der Waals surface area contributed by atoms with Crippen LogP contribution in [0.15, 0.2) is 35.3 Å². The van der Waals surface area contributed by atoms with E-state index in [-0.39, 0.29) is 36.0 Å². The highest BCUT2D eigenvalue weighted by Gasteiger charge is 2.22. The minimum atomic E-state index is 0. The van der Waals surface area contributed by atoms with Crippen LogP contribution in [0.25, 0.3) is 0 Å². The molecule has 1 aromatic rings. The van der Waals surface area contributed by atoms with E-state index in [2.05, 4.69) is 15.2 Å². The topological polar surface area (TPSA) is 57.2 Å². The van der Waals surface area contributed by atoms with Crippen LogP contribution >= 0.6 is 24.0 Å². The van der Waals surface area contributed by atoms with Crippen molar-refractivity contribution in [3.05, 3.63) is 30.3 Å². The first-order chi connectivity index (χ1) is 11.6. The van der Waals surface area contributed by atoms with Crippen molar-refractivity contribution in [3.63, 3.8) is 0 Å². The lowest BCUT2D eigenvalue weighted by Gasteiger charge is -2.34. The van der Waals surface area contributed by atoms with Crippen LogP contribution in [0.1, 0.15) is 19.3 Å². The molecule has 1 amide bonds. The predicted molar refractivity (Wildman–Crippen MR) is 112 cm³/mol. The Balaban J connectivity index is 0.00000312. The fourth-order valence-electron chi connectivity index (χ4n) is 2.71. The van der Waals surface area contributed by atoms with E-state index in [4.69, 9.17) is 4.74 Å². The molecule has 1 fully saturated rings. The molecular weight excluding hydrogens is 431 g/mol. The molecule has 0 saturated carbocycles. The second kappa shape index (κ2) is 11.2. The van der Waals surface area contributed by atoms with Gasteiger partial charge in [0, 0.05) is 60.0 Å². The molecule has 0 unspecified atom stereocenters. The van der Waals surface area contributed by atoms with Crippen LogP contribution in [0.5, 0.6) is 5.75 Å². The summed E-state index contributed by atoms with van der Waals surface area (Å²) in [5.74, 6) is 1.91. The lowest BCUT2D eigenvalue weighted by atomic mass is 10.1. The smallest absolute Gasteiger partial charge is 0.223 e. The number of benzene rings is 1. The van der Waals surface area contributed by atoms with Crippen LogP contribution in [-0.4, -0.2) is 68.5 Å². The first-order valence-corrected chi connectivity index (χ1v) is 8.47. The Labute approximate surface area is 167 Å². The van der Waals surface area contributed by atoms with Crippen molar-refractivity contribution in [2.75, 3.05) is 40.8 Å². The van der Waals surface area contributed by atoms with Gasteiger partial charge in [-0.3, -0.25) is 9.79 Å². The summed E-state index contributed by atoms with van der Waals surface area (Å²) >= 11 is 0. The number of nitrogens with zero attached hydrogens (tertiary/aromatic N) is 3. The normalized spacial score (nSPS) is 15.3. The Bertz CT molecular complexity index is 543. The molecule has 0 aromatic heterocycles. The number of aliphatic imine (C=N–C) groups is 1. The number of halogens is 1. The van der Waals surface area contributed by atoms with Crippen molar-refractivity contribution in [2.45, 2.75) is 25.4 Å². The lowest BCUT2D eigenvalue weighted by Crippen LogP contribution is -2.48. The maximum atomic E-state index is 11.6. The third-order valence-corrected chi connectivity index (χ3v) is 4.12. The minimum Gasteiger partial charge on any atom is -0.490 e. The van der Waals surface area contributed by atoms with E-state index in [9.17, 15) is 4.79 Å². The average molecular weight is 460 g/mol. The monoisotopic (exact) mass is 460 g/mol. The van der Waals surface area contributed by atoms with E-state index in [1.54, 1.807) is 26.0 Å². The fourth-order valence-corrected chi connectivity index (χ4v) is 2.71. The Morgan fingerprint density at radius 2 is 1.92 bits per heavy atom. The number of amides is 1. The van der Waals surface area contributed by atoms with Crippen LogP contribution in [0, 0.1) is 0 Å². The van der Waals surface area contributed by atoms with Crippen LogP contribution in [-0.2, 0) is 4.79 Å². The quantitative estimate of drug-likeness (QED) is 0.416. The SMILES string of the molecule is CN=C(NCCC(=O)N(C)C)N1CCC(Oc2ccccc2)CC1.I. The summed E-state index contributed by atoms with van der Waals surface area (Å²) in [5.41, 5.74) is 0. The van der Waals surface area contributed by atoms with E-state index >= 15 is 0 Å². The van der Waals surface area contributed by atoms with E-state index in [1.165, 1.54) is 0 Å². The van der Waals surface area contributed by atoms with Gasteiger partial charge >= 0.3 is 0 Å². The summed E-state index contributed by atoms with van der Waals surface area (Å²) in [4.78, 5) is 19.8.